The fraction of sp³-hybridized carbons (Fsp3) is 0.625. The van der Waals surface area contributed by atoms with Gasteiger partial charge in [0, 0.05) is 19.6 Å². The number of hydrogen-bond acceptors (Lipinski definition) is 2. The molecule has 0 aromatic heterocycles. The lowest BCUT2D eigenvalue weighted by Crippen LogP contribution is -2.31. The van der Waals surface area contributed by atoms with Crippen LogP contribution in [0.4, 0.5) is 0 Å². The summed E-state index contributed by atoms with van der Waals surface area (Å²) in [6.07, 6.45) is 3.97. The summed E-state index contributed by atoms with van der Waals surface area (Å²) >= 11 is 0. The van der Waals surface area contributed by atoms with Gasteiger partial charge in [-0.2, -0.15) is 0 Å². The van der Waals surface area contributed by atoms with Crippen molar-refractivity contribution in [2.45, 2.75) is 32.7 Å². The Kier molecular flexibility index (Phi) is 5.69. The van der Waals surface area contributed by atoms with Gasteiger partial charge < -0.3 is 4.90 Å². The smallest absolute Gasteiger partial charge is 0.0234 e. The number of benzene rings is 1. The third-order valence-corrected chi connectivity index (χ3v) is 3.76. The van der Waals surface area contributed by atoms with Gasteiger partial charge in [-0.1, -0.05) is 43.7 Å². The number of nitrogens with zero attached hydrogens (tertiary/aromatic N) is 2. The van der Waals surface area contributed by atoms with Gasteiger partial charge in [-0.15, -0.1) is 0 Å². The van der Waals surface area contributed by atoms with Crippen molar-refractivity contribution in [2.24, 2.45) is 0 Å². The molecule has 0 aliphatic carbocycles. The summed E-state index contributed by atoms with van der Waals surface area (Å²) in [6, 6.07) is 10.8. The Morgan fingerprint density at radius 1 is 0.944 bits per heavy atom. The van der Waals surface area contributed by atoms with Gasteiger partial charge in [0.25, 0.3) is 0 Å². The molecule has 2 nitrogen and oxygen atoms in total. The summed E-state index contributed by atoms with van der Waals surface area (Å²) in [5, 5.41) is 0. The highest BCUT2D eigenvalue weighted by Crippen LogP contribution is 2.09. The van der Waals surface area contributed by atoms with Gasteiger partial charge in [0.15, 0.2) is 0 Å². The standard InChI is InChI=1S/C16H26N2/c1-2-3-10-17-11-7-12-18(14-13-17)15-16-8-5-4-6-9-16/h4-6,8-9H,2-3,7,10-15H2,1H3. The summed E-state index contributed by atoms with van der Waals surface area (Å²) < 4.78 is 0. The zero-order valence-electron chi connectivity index (χ0n) is 11.6. The average Bonchev–Trinajstić information content (AvgIpc) is 2.63. The SMILES string of the molecule is CCCCN1CCCN(Cc2ccccc2)CC1. The molecule has 1 aromatic rings. The van der Waals surface area contributed by atoms with E-state index >= 15 is 0 Å². The summed E-state index contributed by atoms with van der Waals surface area (Å²) in [5.74, 6) is 0. The second-order valence-corrected chi connectivity index (χ2v) is 5.31. The van der Waals surface area contributed by atoms with E-state index in [4.69, 9.17) is 0 Å². The molecule has 2 rings (SSSR count). The summed E-state index contributed by atoms with van der Waals surface area (Å²) in [6.45, 7) is 9.67. The minimum absolute atomic E-state index is 1.11. The normalized spacial score (nSPS) is 18.7. The van der Waals surface area contributed by atoms with E-state index in [-0.39, 0.29) is 0 Å². The molecule has 1 aliphatic heterocycles. The maximum absolute atomic E-state index is 2.63. The van der Waals surface area contributed by atoms with E-state index in [9.17, 15) is 0 Å². The fourth-order valence-corrected chi connectivity index (χ4v) is 2.63. The van der Waals surface area contributed by atoms with Crippen molar-refractivity contribution >= 4 is 0 Å². The quantitative estimate of drug-likeness (QED) is 0.788. The first-order chi connectivity index (χ1) is 8.88. The molecule has 1 fully saturated rings. The van der Waals surface area contributed by atoms with Crippen LogP contribution in [0.2, 0.25) is 0 Å². The molecule has 1 aromatic carbocycles. The van der Waals surface area contributed by atoms with Crippen molar-refractivity contribution in [3.8, 4) is 0 Å². The van der Waals surface area contributed by atoms with Crippen LogP contribution in [0.3, 0.4) is 0 Å². The Morgan fingerprint density at radius 2 is 1.67 bits per heavy atom. The van der Waals surface area contributed by atoms with Crippen molar-refractivity contribution in [1.29, 1.82) is 0 Å². The number of unbranched alkanes of at least 4 members (excludes halogenated alkanes) is 1. The lowest BCUT2D eigenvalue weighted by atomic mass is 10.2. The van der Waals surface area contributed by atoms with Crippen molar-refractivity contribution < 1.29 is 0 Å². The van der Waals surface area contributed by atoms with Gasteiger partial charge in [0.1, 0.15) is 0 Å². The molecule has 18 heavy (non-hydrogen) atoms. The molecule has 0 saturated carbocycles. The van der Waals surface area contributed by atoms with E-state index in [0.717, 1.165) is 6.54 Å². The first kappa shape index (κ1) is 13.6. The van der Waals surface area contributed by atoms with E-state index in [1.54, 1.807) is 0 Å². The Bertz CT molecular complexity index is 323. The lowest BCUT2D eigenvalue weighted by molar-refractivity contribution is 0.249. The highest BCUT2D eigenvalue weighted by molar-refractivity contribution is 5.14. The van der Waals surface area contributed by atoms with Crippen LogP contribution in [-0.4, -0.2) is 42.5 Å². The molecular formula is C16H26N2. The van der Waals surface area contributed by atoms with Crippen LogP contribution in [0.1, 0.15) is 31.7 Å². The predicted molar refractivity (Wildman–Crippen MR) is 77.7 cm³/mol. The van der Waals surface area contributed by atoms with E-state index in [2.05, 4.69) is 47.1 Å². The second kappa shape index (κ2) is 7.55. The zero-order valence-corrected chi connectivity index (χ0v) is 11.6. The van der Waals surface area contributed by atoms with Crippen LogP contribution in [0.5, 0.6) is 0 Å². The Labute approximate surface area is 112 Å². The molecule has 0 spiro atoms. The van der Waals surface area contributed by atoms with E-state index in [0.29, 0.717) is 0 Å². The molecule has 0 bridgehead atoms. The van der Waals surface area contributed by atoms with Crippen molar-refractivity contribution in [1.82, 2.24) is 9.80 Å². The van der Waals surface area contributed by atoms with E-state index in [1.165, 1.54) is 57.5 Å². The molecule has 1 heterocycles. The molecule has 2 heteroatoms. The average molecular weight is 246 g/mol. The van der Waals surface area contributed by atoms with Gasteiger partial charge >= 0.3 is 0 Å². The van der Waals surface area contributed by atoms with Gasteiger partial charge in [-0.25, -0.2) is 0 Å². The van der Waals surface area contributed by atoms with Crippen LogP contribution < -0.4 is 0 Å². The molecule has 0 unspecified atom stereocenters. The van der Waals surface area contributed by atoms with Gasteiger partial charge in [0.05, 0.1) is 0 Å². The van der Waals surface area contributed by atoms with Crippen LogP contribution in [0.15, 0.2) is 30.3 Å². The monoisotopic (exact) mass is 246 g/mol. The van der Waals surface area contributed by atoms with Crippen LogP contribution in [0, 0.1) is 0 Å². The third kappa shape index (κ3) is 4.43. The van der Waals surface area contributed by atoms with Crippen molar-refractivity contribution in [2.75, 3.05) is 32.7 Å². The first-order valence-corrected chi connectivity index (χ1v) is 7.37. The Balaban J connectivity index is 1.78. The molecule has 1 aliphatic rings. The minimum Gasteiger partial charge on any atom is -0.302 e. The maximum atomic E-state index is 2.63. The maximum Gasteiger partial charge on any atom is 0.0234 e. The van der Waals surface area contributed by atoms with Gasteiger partial charge in [-0.05, 0) is 38.0 Å². The Morgan fingerprint density at radius 3 is 2.44 bits per heavy atom. The summed E-state index contributed by atoms with van der Waals surface area (Å²) in [4.78, 5) is 5.23. The largest absolute Gasteiger partial charge is 0.302 e. The van der Waals surface area contributed by atoms with Crippen molar-refractivity contribution in [3.05, 3.63) is 35.9 Å². The number of rotatable bonds is 5. The van der Waals surface area contributed by atoms with Gasteiger partial charge in [0.2, 0.25) is 0 Å². The highest BCUT2D eigenvalue weighted by Gasteiger charge is 2.14. The molecule has 0 N–H and O–H groups in total. The molecule has 0 radical (unpaired) electrons. The summed E-state index contributed by atoms with van der Waals surface area (Å²) in [7, 11) is 0. The fourth-order valence-electron chi connectivity index (χ4n) is 2.63. The van der Waals surface area contributed by atoms with E-state index < -0.39 is 0 Å². The molecular weight excluding hydrogens is 220 g/mol. The third-order valence-electron chi connectivity index (χ3n) is 3.76. The highest BCUT2D eigenvalue weighted by atomic mass is 15.2. The lowest BCUT2D eigenvalue weighted by Gasteiger charge is -2.21. The predicted octanol–water partition coefficient (Wildman–Crippen LogP) is 2.99. The van der Waals surface area contributed by atoms with Crippen LogP contribution >= 0.6 is 0 Å². The molecule has 0 amide bonds. The van der Waals surface area contributed by atoms with E-state index in [1.807, 2.05) is 0 Å². The molecule has 1 saturated heterocycles. The second-order valence-electron chi connectivity index (χ2n) is 5.31. The van der Waals surface area contributed by atoms with Crippen molar-refractivity contribution in [3.63, 3.8) is 0 Å². The molecule has 100 valence electrons. The zero-order chi connectivity index (χ0) is 12.6. The topological polar surface area (TPSA) is 6.48 Å². The Hall–Kier alpha value is -0.860. The molecule has 0 atom stereocenters. The van der Waals surface area contributed by atoms with Crippen LogP contribution in [0.25, 0.3) is 0 Å². The minimum atomic E-state index is 1.11. The first-order valence-electron chi connectivity index (χ1n) is 7.37. The number of hydrogen-bond donors (Lipinski definition) is 0. The summed E-state index contributed by atoms with van der Waals surface area (Å²) in [5.41, 5.74) is 1.44. The van der Waals surface area contributed by atoms with Crippen LogP contribution in [-0.2, 0) is 6.54 Å². The van der Waals surface area contributed by atoms with Gasteiger partial charge in [-0.3, -0.25) is 4.90 Å².